The Morgan fingerprint density at radius 3 is 2.39 bits per heavy atom. The molecule has 0 saturated carbocycles. The lowest BCUT2D eigenvalue weighted by Crippen LogP contribution is -2.03. The molecule has 0 aliphatic carbocycles. The minimum absolute atomic E-state index is 0.800. The normalized spacial score (nSPS) is 10.2. The summed E-state index contributed by atoms with van der Waals surface area (Å²) in [5, 5.41) is 6.31. The van der Waals surface area contributed by atoms with Gasteiger partial charge in [0.05, 0.1) is 0 Å². The molecular weight excluding hydrogens is 292 g/mol. The van der Waals surface area contributed by atoms with Crippen LogP contribution in [-0.2, 0) is 6.42 Å². The summed E-state index contributed by atoms with van der Waals surface area (Å²) in [4.78, 5) is 8.80. The minimum atomic E-state index is 0.800. The first-order chi connectivity index (χ1) is 8.71. The van der Waals surface area contributed by atoms with Crippen LogP contribution in [0.4, 0.5) is 17.3 Å². The van der Waals surface area contributed by atoms with Crippen LogP contribution in [0.1, 0.15) is 12.7 Å². The highest BCUT2D eigenvalue weighted by atomic mass is 79.9. The maximum Gasteiger partial charge on any atom is 0.136 e. The summed E-state index contributed by atoms with van der Waals surface area (Å²) in [6, 6.07) is 9.86. The van der Waals surface area contributed by atoms with Crippen molar-refractivity contribution >= 4 is 33.3 Å². The second-order valence-corrected chi connectivity index (χ2v) is 4.71. The van der Waals surface area contributed by atoms with Gasteiger partial charge in [0.2, 0.25) is 0 Å². The molecule has 0 fully saturated rings. The predicted octanol–water partition coefficient (Wildman–Crippen LogP) is 3.59. The summed E-state index contributed by atoms with van der Waals surface area (Å²) in [6.07, 6.45) is 0.810. The van der Waals surface area contributed by atoms with Crippen molar-refractivity contribution in [3.8, 4) is 0 Å². The van der Waals surface area contributed by atoms with Crippen molar-refractivity contribution < 1.29 is 0 Å². The van der Waals surface area contributed by atoms with Crippen molar-refractivity contribution in [3.63, 3.8) is 0 Å². The van der Waals surface area contributed by atoms with Crippen LogP contribution < -0.4 is 10.6 Å². The van der Waals surface area contributed by atoms with Gasteiger partial charge in [-0.15, -0.1) is 0 Å². The van der Waals surface area contributed by atoms with Gasteiger partial charge in [0, 0.05) is 29.7 Å². The first-order valence-electron chi connectivity index (χ1n) is 5.79. The number of halogens is 1. The van der Waals surface area contributed by atoms with Gasteiger partial charge < -0.3 is 10.6 Å². The van der Waals surface area contributed by atoms with Gasteiger partial charge in [0.1, 0.15) is 17.5 Å². The molecule has 2 rings (SSSR count). The van der Waals surface area contributed by atoms with E-state index >= 15 is 0 Å². The van der Waals surface area contributed by atoms with Gasteiger partial charge in [-0.2, -0.15) is 0 Å². The van der Waals surface area contributed by atoms with Crippen LogP contribution in [0, 0.1) is 0 Å². The quantitative estimate of drug-likeness (QED) is 0.906. The van der Waals surface area contributed by atoms with E-state index in [0.717, 1.165) is 34.0 Å². The number of anilines is 3. The van der Waals surface area contributed by atoms with Crippen molar-refractivity contribution in [1.29, 1.82) is 0 Å². The van der Waals surface area contributed by atoms with Crippen molar-refractivity contribution in [2.45, 2.75) is 13.3 Å². The molecule has 0 spiro atoms. The zero-order chi connectivity index (χ0) is 13.0. The fraction of sp³-hybridized carbons (Fsp3) is 0.231. The average Bonchev–Trinajstić information content (AvgIpc) is 2.41. The Bertz CT molecular complexity index is 503. The van der Waals surface area contributed by atoms with Crippen LogP contribution in [-0.4, -0.2) is 17.0 Å². The van der Waals surface area contributed by atoms with Gasteiger partial charge in [-0.1, -0.05) is 22.9 Å². The lowest BCUT2D eigenvalue weighted by Gasteiger charge is -2.09. The van der Waals surface area contributed by atoms with Gasteiger partial charge in [-0.05, 0) is 24.3 Å². The number of benzene rings is 1. The van der Waals surface area contributed by atoms with Gasteiger partial charge in [-0.25, -0.2) is 9.97 Å². The van der Waals surface area contributed by atoms with E-state index in [9.17, 15) is 0 Å². The highest BCUT2D eigenvalue weighted by Gasteiger charge is 2.02. The third-order valence-electron chi connectivity index (χ3n) is 2.46. The fourth-order valence-corrected chi connectivity index (χ4v) is 1.79. The average molecular weight is 307 g/mol. The summed E-state index contributed by atoms with van der Waals surface area (Å²) >= 11 is 3.41. The van der Waals surface area contributed by atoms with E-state index in [-0.39, 0.29) is 0 Å². The van der Waals surface area contributed by atoms with Gasteiger partial charge in [0.15, 0.2) is 0 Å². The maximum absolute atomic E-state index is 4.44. The lowest BCUT2D eigenvalue weighted by molar-refractivity contribution is 0.945. The standard InChI is InChI=1S/C13H15BrN4/c1-3-11-17-12(15-2)8-13(18-11)16-10-6-4-9(14)5-7-10/h4-8H,3H2,1-2H3,(H2,15,16,17,18). The van der Waals surface area contributed by atoms with E-state index in [2.05, 4.69) is 36.5 Å². The predicted molar refractivity (Wildman–Crippen MR) is 78.4 cm³/mol. The molecule has 1 aromatic heterocycles. The first-order valence-corrected chi connectivity index (χ1v) is 6.59. The third kappa shape index (κ3) is 3.20. The molecule has 2 aromatic rings. The van der Waals surface area contributed by atoms with Crippen LogP contribution in [0.2, 0.25) is 0 Å². The Hall–Kier alpha value is -1.62. The number of nitrogens with zero attached hydrogens (tertiary/aromatic N) is 2. The van der Waals surface area contributed by atoms with E-state index in [1.165, 1.54) is 0 Å². The zero-order valence-electron chi connectivity index (χ0n) is 10.4. The molecule has 0 saturated heterocycles. The molecule has 0 radical (unpaired) electrons. The third-order valence-corrected chi connectivity index (χ3v) is 2.99. The van der Waals surface area contributed by atoms with Gasteiger partial charge in [0.25, 0.3) is 0 Å². The van der Waals surface area contributed by atoms with Crippen LogP contribution in [0.15, 0.2) is 34.8 Å². The number of nitrogens with one attached hydrogen (secondary N) is 2. The van der Waals surface area contributed by atoms with Crippen LogP contribution >= 0.6 is 15.9 Å². The van der Waals surface area contributed by atoms with Crippen molar-refractivity contribution in [2.24, 2.45) is 0 Å². The molecule has 0 bridgehead atoms. The van der Waals surface area contributed by atoms with E-state index in [4.69, 9.17) is 0 Å². The summed E-state index contributed by atoms with van der Waals surface area (Å²) in [5.74, 6) is 2.44. The van der Waals surface area contributed by atoms with Gasteiger partial charge >= 0.3 is 0 Å². The Morgan fingerprint density at radius 1 is 1.11 bits per heavy atom. The Morgan fingerprint density at radius 2 is 1.78 bits per heavy atom. The van der Waals surface area contributed by atoms with E-state index in [1.54, 1.807) is 0 Å². The molecule has 18 heavy (non-hydrogen) atoms. The maximum atomic E-state index is 4.44. The second kappa shape index (κ2) is 5.82. The molecule has 2 N–H and O–H groups in total. The van der Waals surface area contributed by atoms with Crippen LogP contribution in [0.5, 0.6) is 0 Å². The number of aryl methyl sites for hydroxylation is 1. The molecule has 0 amide bonds. The highest BCUT2D eigenvalue weighted by Crippen LogP contribution is 2.19. The molecule has 0 atom stereocenters. The van der Waals surface area contributed by atoms with Crippen LogP contribution in [0.25, 0.3) is 0 Å². The van der Waals surface area contributed by atoms with Crippen molar-refractivity contribution in [2.75, 3.05) is 17.7 Å². The van der Waals surface area contributed by atoms with Crippen molar-refractivity contribution in [1.82, 2.24) is 9.97 Å². The Labute approximate surface area is 115 Å². The van der Waals surface area contributed by atoms with E-state index in [0.29, 0.717) is 0 Å². The zero-order valence-corrected chi connectivity index (χ0v) is 12.0. The molecule has 4 nitrogen and oxygen atoms in total. The Kier molecular flexibility index (Phi) is 4.15. The fourth-order valence-electron chi connectivity index (χ4n) is 1.53. The molecule has 1 heterocycles. The summed E-state index contributed by atoms with van der Waals surface area (Å²) in [5.41, 5.74) is 1.00. The van der Waals surface area contributed by atoms with Crippen molar-refractivity contribution in [3.05, 3.63) is 40.6 Å². The largest absolute Gasteiger partial charge is 0.373 e. The SMILES string of the molecule is CCc1nc(NC)cc(Nc2ccc(Br)cc2)n1. The number of rotatable bonds is 4. The monoisotopic (exact) mass is 306 g/mol. The second-order valence-electron chi connectivity index (χ2n) is 3.79. The highest BCUT2D eigenvalue weighted by molar-refractivity contribution is 9.10. The number of hydrogen-bond acceptors (Lipinski definition) is 4. The van der Waals surface area contributed by atoms with E-state index < -0.39 is 0 Å². The van der Waals surface area contributed by atoms with Crippen LogP contribution in [0.3, 0.4) is 0 Å². The molecule has 5 heteroatoms. The summed E-state index contributed by atoms with van der Waals surface area (Å²) in [7, 11) is 1.85. The molecule has 0 aliphatic rings. The first kappa shape index (κ1) is 12.8. The molecular formula is C13H15BrN4. The topological polar surface area (TPSA) is 49.8 Å². The van der Waals surface area contributed by atoms with E-state index in [1.807, 2.05) is 44.3 Å². The molecule has 0 aliphatic heterocycles. The molecule has 1 aromatic carbocycles. The molecule has 0 unspecified atom stereocenters. The summed E-state index contributed by atoms with van der Waals surface area (Å²) in [6.45, 7) is 2.04. The number of hydrogen-bond donors (Lipinski definition) is 2. The smallest absolute Gasteiger partial charge is 0.136 e. The Balaban J connectivity index is 2.25. The molecule has 94 valence electrons. The lowest BCUT2D eigenvalue weighted by atomic mass is 10.3. The minimum Gasteiger partial charge on any atom is -0.373 e. The van der Waals surface area contributed by atoms with Gasteiger partial charge in [-0.3, -0.25) is 0 Å². The summed E-state index contributed by atoms with van der Waals surface area (Å²) < 4.78 is 1.06. The number of aromatic nitrogens is 2.